The molecule has 0 saturated heterocycles. The fraction of sp³-hybridized carbons (Fsp3) is 0. The highest BCUT2D eigenvalue weighted by atomic mass is 32.2. The van der Waals surface area contributed by atoms with Gasteiger partial charge in [-0.05, 0) is 6.07 Å². The third kappa shape index (κ3) is 3.09. The number of hydrogen-bond donors (Lipinski definition) is 2. The summed E-state index contributed by atoms with van der Waals surface area (Å²) in [5.74, 6) is -1.73. The molecule has 17 heavy (non-hydrogen) atoms. The first-order valence-electron chi connectivity index (χ1n) is 3.88. The molecule has 8 nitrogen and oxygen atoms in total. The van der Waals surface area contributed by atoms with Crippen LogP contribution in [-0.4, -0.2) is 29.3 Å². The van der Waals surface area contributed by atoms with Crippen LogP contribution in [0.2, 0.25) is 0 Å². The Hall–Kier alpha value is -2.26. The molecule has 4 N–H and O–H groups in total. The van der Waals surface area contributed by atoms with Crippen molar-refractivity contribution in [3.63, 3.8) is 0 Å². The second-order valence-corrected chi connectivity index (χ2v) is 3.52. The minimum Gasteiger partial charge on any atom is -0.477 e. The van der Waals surface area contributed by atoms with Crippen molar-refractivity contribution in [3.8, 4) is 0 Å². The molecule has 0 aliphatic rings. The topological polar surface area (TPSA) is 150 Å². The van der Waals surface area contributed by atoms with Crippen LogP contribution >= 0.6 is 0 Å². The van der Waals surface area contributed by atoms with Gasteiger partial charge in [-0.1, -0.05) is 12.1 Å². The molecule has 0 aliphatic heterocycles. The van der Waals surface area contributed by atoms with Crippen molar-refractivity contribution in [1.29, 1.82) is 0 Å². The molecule has 1 rings (SSSR count). The predicted molar refractivity (Wildman–Crippen MR) is 58.8 cm³/mol. The quantitative estimate of drug-likeness (QED) is 0.342. The molecule has 0 aliphatic carbocycles. The van der Waals surface area contributed by atoms with Gasteiger partial charge in [-0.25, -0.2) is 4.79 Å². The van der Waals surface area contributed by atoms with Gasteiger partial charge in [0.1, 0.15) is 0 Å². The van der Waals surface area contributed by atoms with E-state index in [0.29, 0.717) is 0 Å². The summed E-state index contributed by atoms with van der Waals surface area (Å²) in [6.07, 6.45) is 0. The minimum atomic E-state index is -3.05. The lowest BCUT2D eigenvalue weighted by Crippen LogP contribution is -2.17. The SMILES string of the molecule is N.O=C(O)C(c1ccccc1[N+](=O)[O-])=S(=O)=O. The Morgan fingerprint density at radius 1 is 1.29 bits per heavy atom. The molecule has 0 aromatic heterocycles. The number of aliphatic carboxylic acids is 1. The molecular weight excluding hydrogens is 252 g/mol. The van der Waals surface area contributed by atoms with Crippen molar-refractivity contribution in [2.24, 2.45) is 0 Å². The van der Waals surface area contributed by atoms with Crippen molar-refractivity contribution >= 4 is 26.8 Å². The van der Waals surface area contributed by atoms with Gasteiger partial charge >= 0.3 is 5.97 Å². The van der Waals surface area contributed by atoms with Crippen molar-refractivity contribution in [1.82, 2.24) is 6.15 Å². The first kappa shape index (κ1) is 14.7. The van der Waals surface area contributed by atoms with E-state index in [9.17, 15) is 23.3 Å². The van der Waals surface area contributed by atoms with Crippen LogP contribution in [0.3, 0.4) is 0 Å². The fourth-order valence-electron chi connectivity index (χ4n) is 1.10. The molecule has 1 aromatic rings. The van der Waals surface area contributed by atoms with E-state index in [1.54, 1.807) is 0 Å². The van der Waals surface area contributed by atoms with Gasteiger partial charge in [0, 0.05) is 6.07 Å². The number of para-hydroxylation sites is 1. The summed E-state index contributed by atoms with van der Waals surface area (Å²) >= 11 is 0. The summed E-state index contributed by atoms with van der Waals surface area (Å²) in [4.78, 5) is 19.4. The normalized spacial score (nSPS) is 8.94. The average Bonchev–Trinajstić information content (AvgIpc) is 2.17. The van der Waals surface area contributed by atoms with Crippen LogP contribution in [0.4, 0.5) is 5.69 Å². The number of carbonyl (C=O) groups is 1. The van der Waals surface area contributed by atoms with Crippen LogP contribution < -0.4 is 6.15 Å². The van der Waals surface area contributed by atoms with Gasteiger partial charge in [0.15, 0.2) is 4.86 Å². The maximum absolute atomic E-state index is 10.7. The zero-order valence-electron chi connectivity index (χ0n) is 8.36. The van der Waals surface area contributed by atoms with Gasteiger partial charge in [0.2, 0.25) is 10.3 Å². The third-order valence-electron chi connectivity index (χ3n) is 1.71. The highest BCUT2D eigenvalue weighted by molar-refractivity contribution is 7.75. The number of carboxylic acid groups (broad SMARTS) is 1. The third-order valence-corrected chi connectivity index (χ3v) is 2.43. The van der Waals surface area contributed by atoms with E-state index >= 15 is 0 Å². The van der Waals surface area contributed by atoms with Crippen molar-refractivity contribution < 1.29 is 23.2 Å². The molecule has 0 bridgehead atoms. The lowest BCUT2D eigenvalue weighted by Gasteiger charge is -1.98. The Labute approximate surface area is 96.8 Å². The number of rotatable bonds is 3. The second-order valence-electron chi connectivity index (χ2n) is 2.64. The number of benzene rings is 1. The molecular formula is C8H8N2O6S. The summed E-state index contributed by atoms with van der Waals surface area (Å²) in [7, 11) is -3.05. The van der Waals surface area contributed by atoms with E-state index < -0.39 is 37.3 Å². The molecule has 1 aromatic carbocycles. The monoisotopic (exact) mass is 260 g/mol. The highest BCUT2D eigenvalue weighted by Crippen LogP contribution is 2.18. The van der Waals surface area contributed by atoms with Crippen molar-refractivity contribution in [3.05, 3.63) is 39.9 Å². The van der Waals surface area contributed by atoms with Crippen LogP contribution in [-0.2, 0) is 15.1 Å². The summed E-state index contributed by atoms with van der Waals surface area (Å²) < 4.78 is 21.4. The molecule has 0 spiro atoms. The smallest absolute Gasteiger partial charge is 0.352 e. The van der Waals surface area contributed by atoms with Gasteiger partial charge in [-0.3, -0.25) is 10.1 Å². The molecule has 0 unspecified atom stereocenters. The van der Waals surface area contributed by atoms with Crippen molar-refractivity contribution in [2.75, 3.05) is 0 Å². The average molecular weight is 260 g/mol. The van der Waals surface area contributed by atoms with Crippen LogP contribution in [0, 0.1) is 10.1 Å². The standard InChI is InChI=1S/C8H5NO6S.H3N/c10-8(11)7(16(14)15)5-3-1-2-4-6(5)9(12)13;/h1-4H,(H,10,11);1H3. The van der Waals surface area contributed by atoms with E-state index in [1.165, 1.54) is 12.1 Å². The van der Waals surface area contributed by atoms with E-state index in [1.807, 2.05) is 0 Å². The van der Waals surface area contributed by atoms with Crippen LogP contribution in [0.5, 0.6) is 0 Å². The van der Waals surface area contributed by atoms with Crippen LogP contribution in [0.1, 0.15) is 5.56 Å². The number of nitro groups is 1. The molecule has 92 valence electrons. The summed E-state index contributed by atoms with van der Waals surface area (Å²) in [6, 6.07) is 4.73. The van der Waals surface area contributed by atoms with Crippen molar-refractivity contribution in [2.45, 2.75) is 0 Å². The largest absolute Gasteiger partial charge is 0.477 e. The minimum absolute atomic E-state index is 0. The van der Waals surface area contributed by atoms with Crippen LogP contribution in [0.15, 0.2) is 24.3 Å². The number of hydrogen-bond acceptors (Lipinski definition) is 6. The second kappa shape index (κ2) is 5.72. The summed E-state index contributed by atoms with van der Waals surface area (Å²) in [6.45, 7) is 0. The van der Waals surface area contributed by atoms with Crippen LogP contribution in [0.25, 0.3) is 0 Å². The highest BCUT2D eigenvalue weighted by Gasteiger charge is 2.23. The molecule has 0 amide bonds. The molecule has 0 saturated carbocycles. The maximum Gasteiger partial charge on any atom is 0.352 e. The van der Waals surface area contributed by atoms with Gasteiger partial charge < -0.3 is 11.3 Å². The van der Waals surface area contributed by atoms with E-state index in [4.69, 9.17) is 5.11 Å². The van der Waals surface area contributed by atoms with Gasteiger partial charge in [0.05, 0.1) is 10.5 Å². The lowest BCUT2D eigenvalue weighted by atomic mass is 10.1. The molecule has 0 fully saturated rings. The van der Waals surface area contributed by atoms with E-state index in [-0.39, 0.29) is 6.15 Å². The zero-order valence-corrected chi connectivity index (χ0v) is 9.18. The first-order valence-corrected chi connectivity index (χ1v) is 4.96. The summed E-state index contributed by atoms with van der Waals surface area (Å²) in [5, 5.41) is 19.2. The Morgan fingerprint density at radius 2 is 1.82 bits per heavy atom. The Kier molecular flexibility index (Phi) is 4.96. The Bertz CT molecular complexity index is 584. The molecule has 0 atom stereocenters. The Balaban J connectivity index is 0.00000256. The predicted octanol–water partition coefficient (Wildman–Crippen LogP) is 0.241. The number of carboxylic acids is 1. The van der Waals surface area contributed by atoms with E-state index in [2.05, 4.69) is 0 Å². The lowest BCUT2D eigenvalue weighted by molar-refractivity contribution is -0.385. The molecule has 9 heteroatoms. The fourth-order valence-corrected chi connectivity index (χ4v) is 1.60. The first-order chi connectivity index (χ1) is 7.45. The molecule has 0 heterocycles. The Morgan fingerprint density at radius 3 is 2.24 bits per heavy atom. The molecule has 0 radical (unpaired) electrons. The van der Waals surface area contributed by atoms with Gasteiger partial charge in [-0.15, -0.1) is 0 Å². The number of nitro benzene ring substituents is 1. The van der Waals surface area contributed by atoms with E-state index in [0.717, 1.165) is 12.1 Å². The zero-order chi connectivity index (χ0) is 12.3. The van der Waals surface area contributed by atoms with Gasteiger partial charge in [-0.2, -0.15) is 8.42 Å². The van der Waals surface area contributed by atoms with Gasteiger partial charge in [0.25, 0.3) is 5.69 Å². The number of nitrogens with zero attached hydrogens (tertiary/aromatic N) is 1. The summed E-state index contributed by atoms with van der Waals surface area (Å²) in [5.41, 5.74) is -1.00. The maximum atomic E-state index is 10.7.